The lowest BCUT2D eigenvalue weighted by molar-refractivity contribution is 0.498. The summed E-state index contributed by atoms with van der Waals surface area (Å²) in [4.78, 5) is -0.137. The SMILES string of the molecule is CC(C)(N)CNS(=O)(=O)c1cc(Cl)ccc1C#N. The number of hydrogen-bond donors (Lipinski definition) is 2. The first kappa shape index (κ1) is 14.9. The quantitative estimate of drug-likeness (QED) is 0.870. The van der Waals surface area contributed by atoms with E-state index < -0.39 is 15.6 Å². The van der Waals surface area contributed by atoms with Crippen LogP contribution in [0.1, 0.15) is 19.4 Å². The Morgan fingerprint density at radius 1 is 1.50 bits per heavy atom. The van der Waals surface area contributed by atoms with E-state index in [-0.39, 0.29) is 22.0 Å². The van der Waals surface area contributed by atoms with Crippen molar-refractivity contribution in [3.8, 4) is 6.07 Å². The number of hydrogen-bond acceptors (Lipinski definition) is 4. The van der Waals surface area contributed by atoms with Crippen molar-refractivity contribution in [3.63, 3.8) is 0 Å². The van der Waals surface area contributed by atoms with Crippen molar-refractivity contribution >= 4 is 21.6 Å². The summed E-state index contributed by atoms with van der Waals surface area (Å²) in [5, 5.41) is 9.14. The van der Waals surface area contributed by atoms with Crippen molar-refractivity contribution in [1.82, 2.24) is 4.72 Å². The van der Waals surface area contributed by atoms with Crippen LogP contribution in [0.2, 0.25) is 5.02 Å². The largest absolute Gasteiger partial charge is 0.324 e. The molecule has 98 valence electrons. The highest BCUT2D eigenvalue weighted by Gasteiger charge is 2.21. The number of nitrogens with two attached hydrogens (primary N) is 1. The molecular formula is C11H14ClN3O2S. The first-order valence-electron chi connectivity index (χ1n) is 5.14. The number of benzene rings is 1. The zero-order valence-corrected chi connectivity index (χ0v) is 11.6. The van der Waals surface area contributed by atoms with Crippen LogP contribution in [0.15, 0.2) is 23.1 Å². The number of nitrogens with zero attached hydrogens (tertiary/aromatic N) is 1. The minimum atomic E-state index is -3.80. The summed E-state index contributed by atoms with van der Waals surface area (Å²) >= 11 is 5.74. The number of rotatable bonds is 4. The molecule has 0 aliphatic carbocycles. The van der Waals surface area contributed by atoms with E-state index in [1.54, 1.807) is 13.8 Å². The van der Waals surface area contributed by atoms with E-state index in [1.807, 2.05) is 6.07 Å². The third kappa shape index (κ3) is 3.96. The third-order valence-corrected chi connectivity index (χ3v) is 3.75. The molecule has 0 amide bonds. The Morgan fingerprint density at radius 3 is 2.61 bits per heavy atom. The van der Waals surface area contributed by atoms with E-state index in [2.05, 4.69) is 4.72 Å². The second-order valence-corrected chi connectivity index (χ2v) is 6.74. The van der Waals surface area contributed by atoms with Crippen LogP contribution in [0.5, 0.6) is 0 Å². The Balaban J connectivity index is 3.13. The lowest BCUT2D eigenvalue weighted by Crippen LogP contribution is -2.45. The molecule has 0 saturated heterocycles. The maximum atomic E-state index is 12.0. The van der Waals surface area contributed by atoms with Crippen molar-refractivity contribution in [3.05, 3.63) is 28.8 Å². The first-order chi connectivity index (χ1) is 8.15. The number of nitriles is 1. The van der Waals surface area contributed by atoms with Crippen molar-refractivity contribution in [2.45, 2.75) is 24.3 Å². The lowest BCUT2D eigenvalue weighted by atomic mass is 10.1. The van der Waals surface area contributed by atoms with Crippen LogP contribution in [0.4, 0.5) is 0 Å². The molecule has 1 aromatic rings. The van der Waals surface area contributed by atoms with Crippen LogP contribution in [-0.4, -0.2) is 20.5 Å². The van der Waals surface area contributed by atoms with Gasteiger partial charge in [0.25, 0.3) is 0 Å². The van der Waals surface area contributed by atoms with Crippen molar-refractivity contribution in [1.29, 1.82) is 5.26 Å². The van der Waals surface area contributed by atoms with Crippen molar-refractivity contribution in [2.24, 2.45) is 5.73 Å². The summed E-state index contributed by atoms with van der Waals surface area (Å²) in [6.07, 6.45) is 0. The molecular weight excluding hydrogens is 274 g/mol. The molecule has 0 bridgehead atoms. The molecule has 0 heterocycles. The fraction of sp³-hybridized carbons (Fsp3) is 0.364. The molecule has 0 aliphatic heterocycles. The first-order valence-corrected chi connectivity index (χ1v) is 7.00. The topological polar surface area (TPSA) is 96.0 Å². The Labute approximate surface area is 112 Å². The van der Waals surface area contributed by atoms with Gasteiger partial charge in [-0.1, -0.05) is 11.6 Å². The Bertz CT molecular complexity index is 585. The zero-order valence-electron chi connectivity index (χ0n) is 10.1. The van der Waals surface area contributed by atoms with Gasteiger partial charge in [0.1, 0.15) is 11.0 Å². The highest BCUT2D eigenvalue weighted by atomic mass is 35.5. The van der Waals surface area contributed by atoms with E-state index in [0.717, 1.165) is 0 Å². The fourth-order valence-corrected chi connectivity index (χ4v) is 2.81. The number of nitrogens with one attached hydrogen (secondary N) is 1. The minimum Gasteiger partial charge on any atom is -0.324 e. The van der Waals surface area contributed by atoms with E-state index in [9.17, 15) is 8.42 Å². The molecule has 0 unspecified atom stereocenters. The maximum Gasteiger partial charge on any atom is 0.241 e. The van der Waals surface area contributed by atoms with E-state index in [4.69, 9.17) is 22.6 Å². The summed E-state index contributed by atoms with van der Waals surface area (Å²) in [5.41, 5.74) is 5.06. The summed E-state index contributed by atoms with van der Waals surface area (Å²) < 4.78 is 26.4. The summed E-state index contributed by atoms with van der Waals surface area (Å²) in [5.74, 6) is 0. The van der Waals surface area contributed by atoms with Gasteiger partial charge in [-0.2, -0.15) is 5.26 Å². The Hall–Kier alpha value is -1.13. The molecule has 0 spiro atoms. The fourth-order valence-electron chi connectivity index (χ4n) is 1.17. The molecule has 0 aliphatic rings. The Kier molecular flexibility index (Phi) is 4.35. The molecule has 5 nitrogen and oxygen atoms in total. The monoisotopic (exact) mass is 287 g/mol. The third-order valence-electron chi connectivity index (χ3n) is 2.07. The molecule has 0 saturated carbocycles. The van der Waals surface area contributed by atoms with Crippen LogP contribution in [0, 0.1) is 11.3 Å². The van der Waals surface area contributed by atoms with Gasteiger partial charge in [0.05, 0.1) is 5.56 Å². The van der Waals surface area contributed by atoms with Gasteiger partial charge in [0.15, 0.2) is 0 Å². The molecule has 1 rings (SSSR count). The molecule has 7 heteroatoms. The van der Waals surface area contributed by atoms with Crippen LogP contribution in [0.3, 0.4) is 0 Å². The molecule has 0 aromatic heterocycles. The van der Waals surface area contributed by atoms with Crippen LogP contribution in [-0.2, 0) is 10.0 Å². The standard InChI is InChI=1S/C11H14ClN3O2S/c1-11(2,14)7-15-18(16,17)10-5-9(12)4-3-8(10)6-13/h3-5,15H,7,14H2,1-2H3. The molecule has 0 radical (unpaired) electrons. The lowest BCUT2D eigenvalue weighted by Gasteiger charge is -2.19. The predicted octanol–water partition coefficient (Wildman–Crippen LogP) is 1.23. The van der Waals surface area contributed by atoms with Gasteiger partial charge in [0, 0.05) is 17.1 Å². The number of halogens is 1. The molecule has 0 fully saturated rings. The highest BCUT2D eigenvalue weighted by Crippen LogP contribution is 2.20. The van der Waals surface area contributed by atoms with E-state index >= 15 is 0 Å². The predicted molar refractivity (Wildman–Crippen MR) is 69.6 cm³/mol. The zero-order chi connectivity index (χ0) is 14.0. The van der Waals surface area contributed by atoms with Crippen LogP contribution < -0.4 is 10.5 Å². The van der Waals surface area contributed by atoms with Gasteiger partial charge in [-0.3, -0.25) is 0 Å². The average molecular weight is 288 g/mol. The summed E-state index contributed by atoms with van der Waals surface area (Å²) in [6, 6.07) is 5.89. The highest BCUT2D eigenvalue weighted by molar-refractivity contribution is 7.89. The second-order valence-electron chi connectivity index (χ2n) is 4.57. The summed E-state index contributed by atoms with van der Waals surface area (Å²) in [6.45, 7) is 3.45. The molecule has 0 atom stereocenters. The van der Waals surface area contributed by atoms with Gasteiger partial charge in [-0.15, -0.1) is 0 Å². The second kappa shape index (κ2) is 5.24. The van der Waals surface area contributed by atoms with Gasteiger partial charge in [-0.05, 0) is 32.0 Å². The van der Waals surface area contributed by atoms with Crippen LogP contribution >= 0.6 is 11.6 Å². The number of sulfonamides is 1. The van der Waals surface area contributed by atoms with Crippen LogP contribution in [0.25, 0.3) is 0 Å². The minimum absolute atomic E-state index is 0.0433. The van der Waals surface area contributed by atoms with Crippen molar-refractivity contribution < 1.29 is 8.42 Å². The Morgan fingerprint density at radius 2 is 2.11 bits per heavy atom. The summed E-state index contributed by atoms with van der Waals surface area (Å²) in [7, 11) is -3.80. The molecule has 3 N–H and O–H groups in total. The normalized spacial score (nSPS) is 12.2. The molecule has 1 aromatic carbocycles. The van der Waals surface area contributed by atoms with Gasteiger partial charge >= 0.3 is 0 Å². The van der Waals surface area contributed by atoms with E-state index in [0.29, 0.717) is 0 Å². The van der Waals surface area contributed by atoms with E-state index in [1.165, 1.54) is 18.2 Å². The van der Waals surface area contributed by atoms with Gasteiger partial charge in [0.2, 0.25) is 10.0 Å². The van der Waals surface area contributed by atoms with Gasteiger partial charge in [-0.25, -0.2) is 13.1 Å². The van der Waals surface area contributed by atoms with Crippen molar-refractivity contribution in [2.75, 3.05) is 6.54 Å². The smallest absolute Gasteiger partial charge is 0.241 e. The van der Waals surface area contributed by atoms with Gasteiger partial charge < -0.3 is 5.73 Å². The maximum absolute atomic E-state index is 12.0. The molecule has 18 heavy (non-hydrogen) atoms. The average Bonchev–Trinajstić information content (AvgIpc) is 2.26.